The van der Waals surface area contributed by atoms with Gasteiger partial charge in [0.2, 0.25) is 0 Å². The normalized spacial score (nSPS) is 20.7. The van der Waals surface area contributed by atoms with Crippen molar-refractivity contribution in [2.45, 2.75) is 51.8 Å². The Morgan fingerprint density at radius 2 is 2.32 bits per heavy atom. The van der Waals surface area contributed by atoms with Crippen LogP contribution in [0.15, 0.2) is 0 Å². The van der Waals surface area contributed by atoms with Crippen LogP contribution in [0.25, 0.3) is 0 Å². The van der Waals surface area contributed by atoms with E-state index in [4.69, 9.17) is 16.3 Å². The standard InChI is InChI=1S/C12H18ClN3O2S/c1-12(2,3)18-11(17)9-5-4-6-16(9)7-8-10(13)19-15-14-8/h9H,4-7H2,1-3H3/t9-/m0/s1. The molecule has 0 unspecified atom stereocenters. The van der Waals surface area contributed by atoms with Gasteiger partial charge in [0, 0.05) is 18.1 Å². The summed E-state index contributed by atoms with van der Waals surface area (Å²) in [6.45, 7) is 7.05. The monoisotopic (exact) mass is 303 g/mol. The average molecular weight is 304 g/mol. The van der Waals surface area contributed by atoms with Crippen LogP contribution in [0.3, 0.4) is 0 Å². The highest BCUT2D eigenvalue weighted by atomic mass is 35.5. The van der Waals surface area contributed by atoms with Crippen molar-refractivity contribution in [2.75, 3.05) is 6.54 Å². The van der Waals surface area contributed by atoms with Crippen molar-refractivity contribution in [2.24, 2.45) is 0 Å². The average Bonchev–Trinajstić information content (AvgIpc) is 2.87. The van der Waals surface area contributed by atoms with Gasteiger partial charge in [-0.25, -0.2) is 0 Å². The molecule has 1 aromatic heterocycles. The van der Waals surface area contributed by atoms with E-state index in [9.17, 15) is 4.79 Å². The van der Waals surface area contributed by atoms with Crippen molar-refractivity contribution in [3.63, 3.8) is 0 Å². The van der Waals surface area contributed by atoms with E-state index in [1.807, 2.05) is 20.8 Å². The quantitative estimate of drug-likeness (QED) is 0.803. The van der Waals surface area contributed by atoms with Crippen LogP contribution in [-0.2, 0) is 16.1 Å². The largest absolute Gasteiger partial charge is 0.459 e. The molecule has 0 amide bonds. The molecule has 0 N–H and O–H groups in total. The minimum atomic E-state index is -0.453. The molecule has 1 fully saturated rings. The highest BCUT2D eigenvalue weighted by Gasteiger charge is 2.34. The molecule has 5 nitrogen and oxygen atoms in total. The first-order valence-corrected chi connectivity index (χ1v) is 7.45. The third kappa shape index (κ3) is 3.87. The van der Waals surface area contributed by atoms with Crippen LogP contribution in [0.1, 0.15) is 39.3 Å². The first kappa shape index (κ1) is 14.7. The maximum atomic E-state index is 12.2. The summed E-state index contributed by atoms with van der Waals surface area (Å²) in [5.41, 5.74) is 0.285. The van der Waals surface area contributed by atoms with Crippen molar-refractivity contribution >= 4 is 29.1 Å². The second kappa shape index (κ2) is 5.73. The molecule has 19 heavy (non-hydrogen) atoms. The fourth-order valence-electron chi connectivity index (χ4n) is 2.14. The zero-order valence-electron chi connectivity index (χ0n) is 11.4. The van der Waals surface area contributed by atoms with E-state index in [-0.39, 0.29) is 12.0 Å². The topological polar surface area (TPSA) is 55.3 Å². The van der Waals surface area contributed by atoms with E-state index >= 15 is 0 Å². The number of halogens is 1. The summed E-state index contributed by atoms with van der Waals surface area (Å²) in [5, 5.41) is 3.99. The van der Waals surface area contributed by atoms with Crippen LogP contribution < -0.4 is 0 Å². The number of ether oxygens (including phenoxy) is 1. The van der Waals surface area contributed by atoms with Gasteiger partial charge in [0.15, 0.2) is 0 Å². The smallest absolute Gasteiger partial charge is 0.323 e. The van der Waals surface area contributed by atoms with E-state index in [0.29, 0.717) is 10.9 Å². The molecule has 1 aromatic rings. The van der Waals surface area contributed by atoms with Crippen LogP contribution in [0.2, 0.25) is 4.34 Å². The second-order valence-electron chi connectivity index (χ2n) is 5.66. The van der Waals surface area contributed by atoms with Gasteiger partial charge in [-0.2, -0.15) is 0 Å². The van der Waals surface area contributed by atoms with Crippen LogP contribution in [0, 0.1) is 0 Å². The molecule has 0 aliphatic carbocycles. The molecule has 2 heterocycles. The van der Waals surface area contributed by atoms with Gasteiger partial charge >= 0.3 is 5.97 Å². The third-order valence-corrected chi connectivity index (χ3v) is 3.89. The first-order chi connectivity index (χ1) is 8.87. The molecule has 0 saturated carbocycles. The molecule has 0 bridgehead atoms. The zero-order chi connectivity index (χ0) is 14.0. The summed E-state index contributed by atoms with van der Waals surface area (Å²) in [6.07, 6.45) is 1.81. The molecule has 2 rings (SSSR count). The Morgan fingerprint density at radius 1 is 1.58 bits per heavy atom. The zero-order valence-corrected chi connectivity index (χ0v) is 12.9. The molecule has 7 heteroatoms. The van der Waals surface area contributed by atoms with Crippen molar-refractivity contribution in [1.29, 1.82) is 0 Å². The SMILES string of the molecule is CC(C)(C)OC(=O)[C@@H]1CCCN1Cc1nnsc1Cl. The minimum Gasteiger partial charge on any atom is -0.459 e. The van der Waals surface area contributed by atoms with E-state index in [2.05, 4.69) is 14.5 Å². The molecule has 1 aliphatic rings. The van der Waals surface area contributed by atoms with Crippen molar-refractivity contribution in [3.05, 3.63) is 10.0 Å². The third-order valence-electron chi connectivity index (χ3n) is 2.90. The summed E-state index contributed by atoms with van der Waals surface area (Å²) in [5.74, 6) is -0.163. The van der Waals surface area contributed by atoms with E-state index in [1.54, 1.807) is 0 Å². The maximum absolute atomic E-state index is 12.2. The second-order valence-corrected chi connectivity index (χ2v) is 7.01. The summed E-state index contributed by atoms with van der Waals surface area (Å²) >= 11 is 7.17. The lowest BCUT2D eigenvalue weighted by molar-refractivity contribution is -0.160. The molecule has 0 aromatic carbocycles. The number of hydrogen-bond acceptors (Lipinski definition) is 6. The van der Waals surface area contributed by atoms with Gasteiger partial charge in [-0.3, -0.25) is 9.69 Å². The Bertz CT molecular complexity index is 458. The van der Waals surface area contributed by atoms with Crippen LogP contribution in [0.4, 0.5) is 0 Å². The lowest BCUT2D eigenvalue weighted by Crippen LogP contribution is -2.40. The number of hydrogen-bond donors (Lipinski definition) is 0. The van der Waals surface area contributed by atoms with Gasteiger partial charge in [0.1, 0.15) is 21.7 Å². The molecule has 0 spiro atoms. The number of nitrogens with zero attached hydrogens (tertiary/aromatic N) is 3. The highest BCUT2D eigenvalue weighted by Crippen LogP contribution is 2.25. The van der Waals surface area contributed by atoms with Crippen molar-refractivity contribution in [3.8, 4) is 0 Å². The Labute approximate surface area is 122 Å². The molecule has 1 atom stereocenters. The Balaban J connectivity index is 2.01. The predicted octanol–water partition coefficient (Wildman–Crippen LogP) is 2.50. The number of carbonyl (C=O) groups is 1. The molecule has 0 radical (unpaired) electrons. The van der Waals surface area contributed by atoms with E-state index in [1.165, 1.54) is 11.5 Å². The van der Waals surface area contributed by atoms with Crippen LogP contribution >= 0.6 is 23.1 Å². The van der Waals surface area contributed by atoms with Crippen molar-refractivity contribution in [1.82, 2.24) is 14.5 Å². The maximum Gasteiger partial charge on any atom is 0.323 e. The van der Waals surface area contributed by atoms with Crippen LogP contribution in [0.5, 0.6) is 0 Å². The number of esters is 1. The lowest BCUT2D eigenvalue weighted by atomic mass is 10.1. The number of carbonyl (C=O) groups excluding carboxylic acids is 1. The first-order valence-electron chi connectivity index (χ1n) is 6.30. The predicted molar refractivity (Wildman–Crippen MR) is 74.2 cm³/mol. The van der Waals surface area contributed by atoms with Crippen molar-refractivity contribution < 1.29 is 9.53 Å². The van der Waals surface area contributed by atoms with Gasteiger partial charge in [0.05, 0.1) is 0 Å². The number of rotatable bonds is 3. The summed E-state index contributed by atoms with van der Waals surface area (Å²) < 4.78 is 9.86. The van der Waals surface area contributed by atoms with Gasteiger partial charge in [-0.05, 0) is 40.2 Å². The van der Waals surface area contributed by atoms with Gasteiger partial charge in [0.25, 0.3) is 0 Å². The fourth-order valence-corrected chi connectivity index (χ4v) is 2.75. The molecule has 1 saturated heterocycles. The highest BCUT2D eigenvalue weighted by molar-refractivity contribution is 7.10. The number of likely N-dealkylation sites (tertiary alicyclic amines) is 1. The Kier molecular flexibility index (Phi) is 4.43. The van der Waals surface area contributed by atoms with Gasteiger partial charge < -0.3 is 4.74 Å². The van der Waals surface area contributed by atoms with E-state index < -0.39 is 5.60 Å². The summed E-state index contributed by atoms with van der Waals surface area (Å²) in [4.78, 5) is 14.2. The molecular weight excluding hydrogens is 286 g/mol. The van der Waals surface area contributed by atoms with Gasteiger partial charge in [-0.15, -0.1) is 5.10 Å². The van der Waals surface area contributed by atoms with Crippen LogP contribution in [-0.4, -0.2) is 38.6 Å². The number of aromatic nitrogens is 2. The molecular formula is C12H18ClN3O2S. The van der Waals surface area contributed by atoms with Gasteiger partial charge in [-0.1, -0.05) is 16.1 Å². The Hall–Kier alpha value is -0.720. The summed E-state index contributed by atoms with van der Waals surface area (Å²) in [7, 11) is 0. The minimum absolute atomic E-state index is 0.163. The Morgan fingerprint density at radius 3 is 2.89 bits per heavy atom. The van der Waals surface area contributed by atoms with E-state index in [0.717, 1.165) is 25.1 Å². The molecule has 1 aliphatic heterocycles. The fraction of sp³-hybridized carbons (Fsp3) is 0.750. The molecule has 106 valence electrons. The summed E-state index contributed by atoms with van der Waals surface area (Å²) in [6, 6.07) is -0.197. The lowest BCUT2D eigenvalue weighted by Gasteiger charge is -2.26.